The molecule has 2 aromatic rings. The van der Waals surface area contributed by atoms with Gasteiger partial charge < -0.3 is 14.4 Å². The Labute approximate surface area is 178 Å². The molecule has 160 valence electrons. The van der Waals surface area contributed by atoms with Crippen molar-refractivity contribution in [2.24, 2.45) is 11.8 Å². The van der Waals surface area contributed by atoms with Gasteiger partial charge in [-0.25, -0.2) is 0 Å². The van der Waals surface area contributed by atoms with Crippen LogP contribution in [-0.2, 0) is 16.1 Å². The van der Waals surface area contributed by atoms with Crippen molar-refractivity contribution < 1.29 is 14.5 Å². The predicted molar refractivity (Wildman–Crippen MR) is 112 cm³/mol. The average molecular weight is 422 g/mol. The van der Waals surface area contributed by atoms with E-state index in [0.717, 1.165) is 17.8 Å². The topological polar surface area (TPSA) is 106 Å². The third kappa shape index (κ3) is 3.30. The summed E-state index contributed by atoms with van der Waals surface area (Å²) in [5, 5.41) is 11.1. The molecule has 1 aromatic heterocycles. The van der Waals surface area contributed by atoms with Gasteiger partial charge in [-0.1, -0.05) is 18.2 Å². The number of carbonyl (C=O) groups is 2. The van der Waals surface area contributed by atoms with E-state index in [4.69, 9.17) is 0 Å². The molecule has 31 heavy (non-hydrogen) atoms. The summed E-state index contributed by atoms with van der Waals surface area (Å²) in [4.78, 5) is 52.2. The number of benzene rings is 1. The van der Waals surface area contributed by atoms with Crippen LogP contribution in [0.4, 0.5) is 11.4 Å². The van der Waals surface area contributed by atoms with Crippen molar-refractivity contribution in [1.82, 2.24) is 9.47 Å². The van der Waals surface area contributed by atoms with Crippen LogP contribution in [0.15, 0.2) is 47.3 Å². The van der Waals surface area contributed by atoms with E-state index in [-0.39, 0.29) is 36.0 Å². The molecule has 0 saturated carbocycles. The molecule has 0 spiro atoms. The van der Waals surface area contributed by atoms with Crippen LogP contribution in [0.5, 0.6) is 0 Å². The number of anilines is 1. The maximum Gasteiger partial charge on any atom is 0.334 e. The number of hydrogen-bond donors (Lipinski definition) is 0. The van der Waals surface area contributed by atoms with Gasteiger partial charge in [0.25, 0.3) is 0 Å². The van der Waals surface area contributed by atoms with Gasteiger partial charge in [-0.3, -0.25) is 24.5 Å². The molecular formula is C22H22N4O5. The first-order valence-electron chi connectivity index (χ1n) is 10.4. The Kier molecular flexibility index (Phi) is 4.60. The fraction of sp³-hybridized carbons (Fsp3) is 0.409. The lowest BCUT2D eigenvalue weighted by Gasteiger charge is -2.43. The Morgan fingerprint density at radius 2 is 1.77 bits per heavy atom. The Bertz CT molecular complexity index is 1130. The lowest BCUT2D eigenvalue weighted by molar-refractivity contribution is -0.386. The van der Waals surface area contributed by atoms with Crippen LogP contribution in [-0.4, -0.2) is 45.8 Å². The van der Waals surface area contributed by atoms with Crippen molar-refractivity contribution in [2.45, 2.75) is 25.3 Å². The summed E-state index contributed by atoms with van der Waals surface area (Å²) < 4.78 is 1.51. The molecule has 2 amide bonds. The summed E-state index contributed by atoms with van der Waals surface area (Å²) in [5.74, 6) is -0.430. The molecule has 9 heteroatoms. The van der Waals surface area contributed by atoms with Gasteiger partial charge in [-0.15, -0.1) is 0 Å². The fourth-order valence-electron chi connectivity index (χ4n) is 5.24. The first-order valence-corrected chi connectivity index (χ1v) is 10.4. The Balaban J connectivity index is 1.34. The fourth-order valence-corrected chi connectivity index (χ4v) is 5.24. The van der Waals surface area contributed by atoms with Crippen LogP contribution in [0.25, 0.3) is 0 Å². The number of likely N-dealkylation sites (tertiary alicyclic amines) is 1. The second-order valence-electron chi connectivity index (χ2n) is 8.60. The van der Waals surface area contributed by atoms with Crippen molar-refractivity contribution in [3.8, 4) is 0 Å². The van der Waals surface area contributed by atoms with Crippen LogP contribution in [0.3, 0.4) is 0 Å². The summed E-state index contributed by atoms with van der Waals surface area (Å²) >= 11 is 0. The highest BCUT2D eigenvalue weighted by Crippen LogP contribution is 2.37. The van der Waals surface area contributed by atoms with Crippen molar-refractivity contribution in [3.05, 3.63) is 68.6 Å². The van der Waals surface area contributed by atoms with Crippen molar-refractivity contribution >= 4 is 23.2 Å². The van der Waals surface area contributed by atoms with Gasteiger partial charge in [0.1, 0.15) is 0 Å². The number of hydrogen-bond acceptors (Lipinski definition) is 5. The first kappa shape index (κ1) is 19.5. The van der Waals surface area contributed by atoms with Crippen LogP contribution in [0.2, 0.25) is 0 Å². The number of rotatable bonds is 3. The molecule has 0 unspecified atom stereocenters. The molecule has 0 aliphatic carbocycles. The van der Waals surface area contributed by atoms with Crippen molar-refractivity contribution in [2.75, 3.05) is 24.5 Å². The van der Waals surface area contributed by atoms with Gasteiger partial charge in [0.2, 0.25) is 11.8 Å². The highest BCUT2D eigenvalue weighted by molar-refractivity contribution is 6.00. The minimum absolute atomic E-state index is 0.0285. The molecule has 2 fully saturated rings. The van der Waals surface area contributed by atoms with Gasteiger partial charge in [0.05, 0.1) is 10.8 Å². The third-order valence-electron chi connectivity index (χ3n) is 6.63. The predicted octanol–water partition coefficient (Wildman–Crippen LogP) is 1.76. The molecule has 1 aromatic carbocycles. The van der Waals surface area contributed by atoms with Crippen molar-refractivity contribution in [3.63, 3.8) is 0 Å². The van der Waals surface area contributed by atoms with Crippen LogP contribution >= 0.6 is 0 Å². The molecule has 3 aliphatic rings. The second-order valence-corrected chi connectivity index (χ2v) is 8.60. The SMILES string of the molecule is O=C([C@@H]1CC(=O)N(c2ccccc2)C1)N1C[C@H]2C[C@H](C1)c1ccc([N+](=O)[O-])c(=O)n1C2. The summed E-state index contributed by atoms with van der Waals surface area (Å²) in [7, 11) is 0. The Morgan fingerprint density at radius 1 is 1.00 bits per heavy atom. The standard InChI is InChI=1S/C22H22N4O5/c27-20-9-16(13-24(20)17-4-2-1-3-5-17)21(28)23-10-14-8-15(12-23)18-6-7-19(26(30)31)22(29)25(18)11-14/h1-7,14-16H,8-13H2/t14-,15-,16-/m1/s1. The number of para-hydroxylation sites is 1. The van der Waals surface area contributed by atoms with E-state index in [2.05, 4.69) is 0 Å². The summed E-state index contributed by atoms with van der Waals surface area (Å²) in [6.07, 6.45) is 1.04. The lowest BCUT2D eigenvalue weighted by Crippen LogP contribution is -2.51. The minimum atomic E-state index is -0.647. The van der Waals surface area contributed by atoms with E-state index in [1.165, 1.54) is 10.6 Å². The molecular weight excluding hydrogens is 400 g/mol. The van der Waals surface area contributed by atoms with E-state index >= 15 is 0 Å². The number of nitro groups is 1. The third-order valence-corrected chi connectivity index (χ3v) is 6.63. The quantitative estimate of drug-likeness (QED) is 0.554. The van der Waals surface area contributed by atoms with E-state index in [1.807, 2.05) is 35.2 Å². The monoisotopic (exact) mass is 422 g/mol. The Morgan fingerprint density at radius 3 is 2.52 bits per heavy atom. The zero-order valence-electron chi connectivity index (χ0n) is 16.8. The Hall–Kier alpha value is -3.49. The van der Waals surface area contributed by atoms with Gasteiger partial charge in [0.15, 0.2) is 0 Å². The van der Waals surface area contributed by atoms with Crippen LogP contribution in [0.1, 0.15) is 24.5 Å². The van der Waals surface area contributed by atoms with Gasteiger partial charge in [-0.05, 0) is 30.5 Å². The summed E-state index contributed by atoms with van der Waals surface area (Å²) in [6, 6.07) is 12.3. The number of fused-ring (bicyclic) bond motifs is 4. The van der Waals surface area contributed by atoms with Gasteiger partial charge in [-0.2, -0.15) is 0 Å². The maximum atomic E-state index is 13.3. The highest BCUT2D eigenvalue weighted by Gasteiger charge is 2.42. The number of nitrogens with zero attached hydrogens (tertiary/aromatic N) is 4. The summed E-state index contributed by atoms with van der Waals surface area (Å²) in [5.41, 5.74) is 0.560. The normalized spacial score (nSPS) is 24.8. The highest BCUT2D eigenvalue weighted by atomic mass is 16.6. The molecule has 0 radical (unpaired) electrons. The molecule has 3 aliphatic heterocycles. The maximum absolute atomic E-state index is 13.3. The molecule has 0 N–H and O–H groups in total. The first-order chi connectivity index (χ1) is 14.9. The molecule has 5 rings (SSSR count). The number of amides is 2. The van der Waals surface area contributed by atoms with E-state index < -0.39 is 16.2 Å². The summed E-state index contributed by atoms with van der Waals surface area (Å²) in [6.45, 7) is 1.70. The smallest absolute Gasteiger partial charge is 0.334 e. The molecule has 3 atom stereocenters. The molecule has 9 nitrogen and oxygen atoms in total. The number of aromatic nitrogens is 1. The van der Waals surface area contributed by atoms with E-state index in [1.54, 1.807) is 11.0 Å². The lowest BCUT2D eigenvalue weighted by atomic mass is 9.82. The molecule has 4 heterocycles. The second kappa shape index (κ2) is 7.33. The van der Waals surface area contributed by atoms with Gasteiger partial charge in [0, 0.05) is 56.0 Å². The minimum Gasteiger partial charge on any atom is -0.341 e. The number of carbonyl (C=O) groups excluding carboxylic acids is 2. The average Bonchev–Trinajstić information content (AvgIpc) is 3.16. The van der Waals surface area contributed by atoms with Crippen LogP contribution in [0, 0.1) is 22.0 Å². The number of piperidine rings is 1. The zero-order valence-corrected chi connectivity index (χ0v) is 16.8. The largest absolute Gasteiger partial charge is 0.341 e. The zero-order chi connectivity index (χ0) is 21.7. The molecule has 2 bridgehead atoms. The molecule has 2 saturated heterocycles. The van der Waals surface area contributed by atoms with E-state index in [0.29, 0.717) is 26.2 Å². The van der Waals surface area contributed by atoms with Gasteiger partial charge >= 0.3 is 11.2 Å². The number of pyridine rings is 1. The van der Waals surface area contributed by atoms with Crippen molar-refractivity contribution in [1.29, 1.82) is 0 Å². The van der Waals surface area contributed by atoms with Crippen LogP contribution < -0.4 is 10.5 Å². The van der Waals surface area contributed by atoms with E-state index in [9.17, 15) is 24.5 Å².